The van der Waals surface area contributed by atoms with Crippen molar-refractivity contribution in [3.8, 4) is 0 Å². The van der Waals surface area contributed by atoms with E-state index in [1.807, 2.05) is 27.0 Å². The van der Waals surface area contributed by atoms with Crippen LogP contribution in [0.1, 0.15) is 32.7 Å². The minimum Gasteiger partial charge on any atom is -0.426 e. The Balaban J connectivity index is 2.57. The predicted octanol–water partition coefficient (Wildman–Crippen LogP) is 0.994. The van der Waals surface area contributed by atoms with Gasteiger partial charge in [0.2, 0.25) is 0 Å². The molecule has 3 nitrogen and oxygen atoms in total. The van der Waals surface area contributed by atoms with Gasteiger partial charge in [-0.15, -0.1) is 11.3 Å². The normalized spacial score (nSPS) is 12.9. The summed E-state index contributed by atoms with van der Waals surface area (Å²) in [6, 6.07) is 0. The molecule has 1 rings (SSSR count). The SMILES string of the molecule is Cc1ncc(BOC(C)(C)C(C)(C)O)s1. The summed E-state index contributed by atoms with van der Waals surface area (Å²) >= 11 is 1.62. The second-order valence-corrected chi connectivity index (χ2v) is 6.02. The second-order valence-electron chi connectivity index (χ2n) is 4.70. The molecule has 5 heteroatoms. The molecule has 0 aromatic carbocycles. The molecule has 0 aliphatic heterocycles. The summed E-state index contributed by atoms with van der Waals surface area (Å²) in [5, 5.41) is 10.9. The van der Waals surface area contributed by atoms with Crippen LogP contribution >= 0.6 is 11.3 Å². The summed E-state index contributed by atoms with van der Waals surface area (Å²) in [7, 11) is 0.502. The van der Waals surface area contributed by atoms with Crippen molar-refractivity contribution in [1.82, 2.24) is 4.98 Å². The van der Waals surface area contributed by atoms with Crippen LogP contribution in [0.4, 0.5) is 0 Å². The molecule has 0 saturated carbocycles. The zero-order chi connectivity index (χ0) is 11.7. The molecule has 0 amide bonds. The number of hydrogen-bond donors (Lipinski definition) is 1. The lowest BCUT2D eigenvalue weighted by atomic mass is 9.86. The highest BCUT2D eigenvalue weighted by Crippen LogP contribution is 2.24. The van der Waals surface area contributed by atoms with E-state index < -0.39 is 11.2 Å². The van der Waals surface area contributed by atoms with Crippen molar-refractivity contribution < 1.29 is 9.76 Å². The van der Waals surface area contributed by atoms with Crippen molar-refractivity contribution in [1.29, 1.82) is 0 Å². The highest BCUT2D eigenvalue weighted by atomic mass is 32.1. The molecule has 0 fully saturated rings. The number of aromatic nitrogens is 1. The molecule has 15 heavy (non-hydrogen) atoms. The first-order chi connectivity index (χ1) is 6.72. The van der Waals surface area contributed by atoms with Crippen molar-refractivity contribution in [2.45, 2.75) is 45.8 Å². The lowest BCUT2D eigenvalue weighted by Crippen LogP contribution is -2.49. The molecule has 0 spiro atoms. The van der Waals surface area contributed by atoms with E-state index in [4.69, 9.17) is 4.65 Å². The van der Waals surface area contributed by atoms with Gasteiger partial charge in [0.25, 0.3) is 0 Å². The molecular formula is C10H18BNO2S. The van der Waals surface area contributed by atoms with Gasteiger partial charge in [-0.2, -0.15) is 0 Å². The zero-order valence-corrected chi connectivity index (χ0v) is 10.8. The lowest BCUT2D eigenvalue weighted by Gasteiger charge is -2.37. The highest BCUT2D eigenvalue weighted by molar-refractivity contribution is 7.20. The van der Waals surface area contributed by atoms with Crippen molar-refractivity contribution in [3.05, 3.63) is 11.2 Å². The van der Waals surface area contributed by atoms with Crippen LogP contribution in [0, 0.1) is 6.92 Å². The Morgan fingerprint density at radius 1 is 1.40 bits per heavy atom. The smallest absolute Gasteiger partial charge is 0.321 e. The number of aliphatic hydroxyl groups is 1. The van der Waals surface area contributed by atoms with Gasteiger partial charge in [0.05, 0.1) is 16.2 Å². The molecular weight excluding hydrogens is 209 g/mol. The van der Waals surface area contributed by atoms with E-state index in [2.05, 4.69) is 4.98 Å². The number of thiazole rings is 1. The molecule has 0 atom stereocenters. The molecule has 0 unspecified atom stereocenters. The van der Waals surface area contributed by atoms with Gasteiger partial charge in [-0.25, -0.2) is 0 Å². The molecule has 0 bridgehead atoms. The van der Waals surface area contributed by atoms with Crippen molar-refractivity contribution in [2.24, 2.45) is 0 Å². The maximum absolute atomic E-state index is 9.89. The molecule has 1 aromatic heterocycles. The minimum absolute atomic E-state index is 0.502. The average molecular weight is 227 g/mol. The Bertz CT molecular complexity index is 330. The number of aryl methyl sites for hydroxylation is 1. The Morgan fingerprint density at radius 3 is 2.40 bits per heavy atom. The minimum atomic E-state index is -0.854. The maximum atomic E-state index is 9.89. The molecule has 1 aromatic rings. The van der Waals surface area contributed by atoms with E-state index in [9.17, 15) is 5.11 Å². The lowest BCUT2D eigenvalue weighted by molar-refractivity contribution is -0.0892. The fraction of sp³-hybridized carbons (Fsp3) is 0.700. The zero-order valence-electron chi connectivity index (χ0n) is 10.00. The van der Waals surface area contributed by atoms with E-state index in [0.717, 1.165) is 9.78 Å². The van der Waals surface area contributed by atoms with Crippen molar-refractivity contribution in [3.63, 3.8) is 0 Å². The molecule has 84 valence electrons. The molecule has 0 aliphatic carbocycles. The van der Waals surface area contributed by atoms with Crippen LogP contribution in [-0.2, 0) is 4.65 Å². The summed E-state index contributed by atoms with van der Waals surface area (Å²) in [4.78, 5) is 4.16. The van der Waals surface area contributed by atoms with Gasteiger partial charge in [0, 0.05) is 11.0 Å². The highest BCUT2D eigenvalue weighted by Gasteiger charge is 2.35. The van der Waals surface area contributed by atoms with Crippen LogP contribution < -0.4 is 4.78 Å². The summed E-state index contributed by atoms with van der Waals surface area (Å²) in [5.74, 6) is 0. The van der Waals surface area contributed by atoms with Gasteiger partial charge in [-0.05, 0) is 34.6 Å². The quantitative estimate of drug-likeness (QED) is 0.780. The first-order valence-corrected chi connectivity index (χ1v) is 5.82. The summed E-state index contributed by atoms with van der Waals surface area (Å²) in [6.07, 6.45) is 1.82. The Hall–Kier alpha value is -0.385. The Kier molecular flexibility index (Phi) is 3.58. The fourth-order valence-electron chi connectivity index (χ4n) is 0.900. The van der Waals surface area contributed by atoms with E-state index in [1.165, 1.54) is 0 Å². The predicted molar refractivity (Wildman–Crippen MR) is 65.1 cm³/mol. The number of hydrogen-bond acceptors (Lipinski definition) is 4. The van der Waals surface area contributed by atoms with Gasteiger partial charge < -0.3 is 9.76 Å². The summed E-state index contributed by atoms with van der Waals surface area (Å²) in [5.41, 5.74) is -1.42. The topological polar surface area (TPSA) is 42.4 Å². The largest absolute Gasteiger partial charge is 0.426 e. The van der Waals surface area contributed by atoms with Crippen molar-refractivity contribution >= 4 is 23.6 Å². The standard InChI is InChI=1S/C10H18BNO2S/c1-7-12-6-8(15-7)11-14-10(4,5)9(2,3)13/h6,11,13H,1-5H3. The Labute approximate surface area is 95.8 Å². The molecule has 0 radical (unpaired) electrons. The van der Waals surface area contributed by atoms with Crippen molar-refractivity contribution in [2.75, 3.05) is 0 Å². The molecule has 0 aliphatic rings. The van der Waals surface area contributed by atoms with Crippen LogP contribution in [0.15, 0.2) is 6.20 Å². The van der Waals surface area contributed by atoms with Crippen LogP contribution in [0.3, 0.4) is 0 Å². The van der Waals surface area contributed by atoms with E-state index >= 15 is 0 Å². The molecule has 0 saturated heterocycles. The molecule has 1 heterocycles. The fourth-order valence-corrected chi connectivity index (χ4v) is 1.61. The Morgan fingerprint density at radius 2 is 2.00 bits per heavy atom. The number of nitrogens with zero attached hydrogens (tertiary/aromatic N) is 1. The van der Waals surface area contributed by atoms with Crippen LogP contribution in [0.5, 0.6) is 0 Å². The number of rotatable bonds is 4. The van der Waals surface area contributed by atoms with E-state index in [-0.39, 0.29) is 0 Å². The van der Waals surface area contributed by atoms with E-state index in [1.54, 1.807) is 25.2 Å². The summed E-state index contributed by atoms with van der Waals surface area (Å²) in [6.45, 7) is 9.26. The third kappa shape index (κ3) is 3.29. The average Bonchev–Trinajstić information content (AvgIpc) is 2.46. The maximum Gasteiger partial charge on any atom is 0.321 e. The van der Waals surface area contributed by atoms with E-state index in [0.29, 0.717) is 7.48 Å². The van der Waals surface area contributed by atoms with Gasteiger partial charge in [-0.3, -0.25) is 4.98 Å². The third-order valence-corrected chi connectivity index (χ3v) is 3.60. The molecule has 1 N–H and O–H groups in total. The second kappa shape index (κ2) is 4.24. The van der Waals surface area contributed by atoms with Gasteiger partial charge in [0.15, 0.2) is 0 Å². The summed E-state index contributed by atoms with van der Waals surface area (Å²) < 4.78 is 6.80. The first kappa shape index (κ1) is 12.7. The van der Waals surface area contributed by atoms with Crippen LogP contribution in [0.25, 0.3) is 0 Å². The van der Waals surface area contributed by atoms with Crippen LogP contribution in [0.2, 0.25) is 0 Å². The van der Waals surface area contributed by atoms with Gasteiger partial charge in [0.1, 0.15) is 0 Å². The van der Waals surface area contributed by atoms with Crippen LogP contribution in [-0.4, -0.2) is 28.8 Å². The van der Waals surface area contributed by atoms with Gasteiger partial charge in [-0.1, -0.05) is 0 Å². The monoisotopic (exact) mass is 227 g/mol. The van der Waals surface area contributed by atoms with Gasteiger partial charge >= 0.3 is 7.48 Å². The first-order valence-electron chi connectivity index (χ1n) is 5.00. The third-order valence-electron chi connectivity index (χ3n) is 2.72.